The van der Waals surface area contributed by atoms with E-state index in [0.29, 0.717) is 5.69 Å². The fourth-order valence-corrected chi connectivity index (χ4v) is 3.03. The minimum Gasteiger partial charge on any atom is -0.372 e. The molecule has 1 N–H and O–H groups in total. The number of carbonyl (C=O) groups excluding carboxylic acids is 1. The van der Waals surface area contributed by atoms with E-state index >= 15 is 0 Å². The van der Waals surface area contributed by atoms with Gasteiger partial charge in [-0.1, -0.05) is 12.1 Å². The first-order chi connectivity index (χ1) is 11.9. The first kappa shape index (κ1) is 17.3. The predicted molar refractivity (Wildman–Crippen MR) is 91.9 cm³/mol. The van der Waals surface area contributed by atoms with E-state index in [1.54, 1.807) is 12.1 Å². The standard InChI is InChI=1S/C19H19F3N2O/c20-19(21,22)17-7-3-2-6-16(17)18(25)23-14-8-10-15(11-9-14)24-12-4-1-5-13-24/h2-3,6-11H,1,4-5,12-13H2,(H,23,25). The molecule has 132 valence electrons. The van der Waals surface area contributed by atoms with Crippen molar-refractivity contribution in [2.75, 3.05) is 23.3 Å². The van der Waals surface area contributed by atoms with Crippen molar-refractivity contribution in [3.8, 4) is 0 Å². The lowest BCUT2D eigenvalue weighted by Gasteiger charge is -2.28. The third-order valence-corrected chi connectivity index (χ3v) is 4.32. The van der Waals surface area contributed by atoms with Crippen LogP contribution >= 0.6 is 0 Å². The molecule has 3 nitrogen and oxygen atoms in total. The van der Waals surface area contributed by atoms with Gasteiger partial charge in [0.1, 0.15) is 0 Å². The highest BCUT2D eigenvalue weighted by Gasteiger charge is 2.34. The van der Waals surface area contributed by atoms with E-state index in [2.05, 4.69) is 10.2 Å². The topological polar surface area (TPSA) is 32.3 Å². The molecule has 1 heterocycles. The highest BCUT2D eigenvalue weighted by atomic mass is 19.4. The molecule has 0 atom stereocenters. The Balaban J connectivity index is 1.73. The fourth-order valence-electron chi connectivity index (χ4n) is 3.03. The minimum atomic E-state index is -4.56. The van der Waals surface area contributed by atoms with Crippen LogP contribution in [0.25, 0.3) is 0 Å². The molecule has 0 unspecified atom stereocenters. The molecule has 0 radical (unpaired) electrons. The van der Waals surface area contributed by atoms with Gasteiger partial charge in [0.25, 0.3) is 5.91 Å². The Morgan fingerprint density at radius 3 is 2.20 bits per heavy atom. The lowest BCUT2D eigenvalue weighted by molar-refractivity contribution is -0.137. The predicted octanol–water partition coefficient (Wildman–Crippen LogP) is 4.95. The molecule has 0 aliphatic carbocycles. The van der Waals surface area contributed by atoms with Crippen LogP contribution in [0.1, 0.15) is 35.2 Å². The summed E-state index contributed by atoms with van der Waals surface area (Å²) in [4.78, 5) is 14.5. The Morgan fingerprint density at radius 2 is 1.56 bits per heavy atom. The number of halogens is 3. The molecule has 0 aromatic heterocycles. The molecule has 2 aromatic carbocycles. The van der Waals surface area contributed by atoms with Gasteiger partial charge in [-0.2, -0.15) is 13.2 Å². The molecule has 1 aliphatic rings. The number of carbonyl (C=O) groups is 1. The molecule has 1 saturated heterocycles. The molecule has 0 spiro atoms. The third kappa shape index (κ3) is 4.13. The van der Waals surface area contributed by atoms with Crippen LogP contribution in [0.3, 0.4) is 0 Å². The molecular weight excluding hydrogens is 329 g/mol. The van der Waals surface area contributed by atoms with E-state index in [1.165, 1.54) is 24.6 Å². The summed E-state index contributed by atoms with van der Waals surface area (Å²) in [6.07, 6.45) is -1.01. The number of hydrogen-bond donors (Lipinski definition) is 1. The Morgan fingerprint density at radius 1 is 0.920 bits per heavy atom. The van der Waals surface area contributed by atoms with Gasteiger partial charge in [-0.3, -0.25) is 4.79 Å². The summed E-state index contributed by atoms with van der Waals surface area (Å²) < 4.78 is 39.1. The zero-order chi connectivity index (χ0) is 17.9. The molecule has 1 amide bonds. The van der Waals surface area contributed by atoms with E-state index in [9.17, 15) is 18.0 Å². The molecular formula is C19H19F3N2O. The molecule has 0 bridgehead atoms. The average molecular weight is 348 g/mol. The van der Waals surface area contributed by atoms with E-state index in [-0.39, 0.29) is 5.56 Å². The van der Waals surface area contributed by atoms with Crippen molar-refractivity contribution in [2.45, 2.75) is 25.4 Å². The second-order valence-corrected chi connectivity index (χ2v) is 6.09. The van der Waals surface area contributed by atoms with Crippen molar-refractivity contribution in [2.24, 2.45) is 0 Å². The third-order valence-electron chi connectivity index (χ3n) is 4.32. The Labute approximate surface area is 144 Å². The molecule has 2 aromatic rings. The van der Waals surface area contributed by atoms with Crippen molar-refractivity contribution in [1.29, 1.82) is 0 Å². The maximum absolute atomic E-state index is 13.0. The maximum atomic E-state index is 13.0. The molecule has 1 fully saturated rings. The van der Waals surface area contributed by atoms with Crippen molar-refractivity contribution in [3.63, 3.8) is 0 Å². The van der Waals surface area contributed by atoms with E-state index in [0.717, 1.165) is 37.7 Å². The first-order valence-electron chi connectivity index (χ1n) is 8.28. The van der Waals surface area contributed by atoms with Crippen LogP contribution < -0.4 is 10.2 Å². The van der Waals surface area contributed by atoms with Crippen LogP contribution in [0.15, 0.2) is 48.5 Å². The highest BCUT2D eigenvalue weighted by Crippen LogP contribution is 2.32. The SMILES string of the molecule is O=C(Nc1ccc(N2CCCCC2)cc1)c1ccccc1C(F)(F)F. The van der Waals surface area contributed by atoms with Crippen LogP contribution in [0, 0.1) is 0 Å². The molecule has 6 heteroatoms. The van der Waals surface area contributed by atoms with Crippen molar-refractivity contribution >= 4 is 17.3 Å². The van der Waals surface area contributed by atoms with Gasteiger partial charge < -0.3 is 10.2 Å². The Hall–Kier alpha value is -2.50. The van der Waals surface area contributed by atoms with Crippen LogP contribution in [0.4, 0.5) is 24.5 Å². The number of hydrogen-bond acceptors (Lipinski definition) is 2. The van der Waals surface area contributed by atoms with Crippen LogP contribution in [-0.2, 0) is 6.18 Å². The largest absolute Gasteiger partial charge is 0.417 e. The summed E-state index contributed by atoms with van der Waals surface area (Å²) in [6.45, 7) is 2.01. The molecule has 25 heavy (non-hydrogen) atoms. The van der Waals surface area contributed by atoms with Crippen LogP contribution in [0.2, 0.25) is 0 Å². The number of alkyl halides is 3. The van der Waals surface area contributed by atoms with E-state index in [4.69, 9.17) is 0 Å². The van der Waals surface area contributed by atoms with E-state index in [1.807, 2.05) is 12.1 Å². The van der Waals surface area contributed by atoms with Gasteiger partial charge in [0.05, 0.1) is 11.1 Å². The zero-order valence-electron chi connectivity index (χ0n) is 13.6. The van der Waals surface area contributed by atoms with E-state index < -0.39 is 17.6 Å². The fraction of sp³-hybridized carbons (Fsp3) is 0.316. The summed E-state index contributed by atoms with van der Waals surface area (Å²) in [5.41, 5.74) is 0.226. The number of piperidine rings is 1. The summed E-state index contributed by atoms with van der Waals surface area (Å²) in [5.74, 6) is -0.765. The summed E-state index contributed by atoms with van der Waals surface area (Å²) in [7, 11) is 0. The van der Waals surface area contributed by atoms with Gasteiger partial charge in [0.15, 0.2) is 0 Å². The maximum Gasteiger partial charge on any atom is 0.417 e. The van der Waals surface area contributed by atoms with Gasteiger partial charge in [0.2, 0.25) is 0 Å². The molecule has 0 saturated carbocycles. The van der Waals surface area contributed by atoms with Gasteiger partial charge in [-0.05, 0) is 55.7 Å². The summed E-state index contributed by atoms with van der Waals surface area (Å²) >= 11 is 0. The second-order valence-electron chi connectivity index (χ2n) is 6.09. The van der Waals surface area contributed by atoms with Crippen molar-refractivity contribution in [1.82, 2.24) is 0 Å². The lowest BCUT2D eigenvalue weighted by Crippen LogP contribution is -2.29. The number of nitrogens with zero attached hydrogens (tertiary/aromatic N) is 1. The number of nitrogens with one attached hydrogen (secondary N) is 1. The summed E-state index contributed by atoms with van der Waals surface area (Å²) in [5, 5.41) is 2.54. The zero-order valence-corrected chi connectivity index (χ0v) is 13.6. The number of benzene rings is 2. The van der Waals surface area contributed by atoms with Gasteiger partial charge >= 0.3 is 6.18 Å². The monoisotopic (exact) mass is 348 g/mol. The van der Waals surface area contributed by atoms with Gasteiger partial charge in [-0.15, -0.1) is 0 Å². The average Bonchev–Trinajstić information content (AvgIpc) is 2.62. The normalized spacial score (nSPS) is 15.1. The quantitative estimate of drug-likeness (QED) is 0.851. The summed E-state index contributed by atoms with van der Waals surface area (Å²) in [6, 6.07) is 12.0. The number of rotatable bonds is 3. The second kappa shape index (κ2) is 7.17. The van der Waals surface area contributed by atoms with Crippen LogP contribution in [0.5, 0.6) is 0 Å². The van der Waals surface area contributed by atoms with Gasteiger partial charge in [0, 0.05) is 24.5 Å². The van der Waals surface area contributed by atoms with Crippen molar-refractivity contribution < 1.29 is 18.0 Å². The van der Waals surface area contributed by atoms with Gasteiger partial charge in [-0.25, -0.2) is 0 Å². The minimum absolute atomic E-state index is 0.380. The lowest BCUT2D eigenvalue weighted by atomic mass is 10.1. The number of anilines is 2. The first-order valence-corrected chi connectivity index (χ1v) is 8.28. The molecule has 3 rings (SSSR count). The number of amides is 1. The van der Waals surface area contributed by atoms with Crippen LogP contribution in [-0.4, -0.2) is 19.0 Å². The smallest absolute Gasteiger partial charge is 0.372 e. The highest BCUT2D eigenvalue weighted by molar-refractivity contribution is 6.05. The molecule has 1 aliphatic heterocycles. The Kier molecular flexibility index (Phi) is 4.97. The Bertz CT molecular complexity index is 735. The van der Waals surface area contributed by atoms with Crippen molar-refractivity contribution in [3.05, 3.63) is 59.7 Å².